The average molecular weight is 228 g/mol. The normalized spacial score (nSPS) is 17.9. The van der Waals surface area contributed by atoms with Gasteiger partial charge in [0.1, 0.15) is 8.24 Å². The highest BCUT2D eigenvalue weighted by molar-refractivity contribution is 7.13. The van der Waals surface area contributed by atoms with Gasteiger partial charge in [-0.25, -0.2) is 0 Å². The van der Waals surface area contributed by atoms with Crippen molar-refractivity contribution in [3.05, 3.63) is 24.3 Å². The number of nitrogens with zero attached hydrogens (tertiary/aromatic N) is 1. The van der Waals surface area contributed by atoms with Gasteiger partial charge in [-0.1, -0.05) is 45.9 Å². The molecule has 0 aromatic rings. The number of hydrogen-bond donors (Lipinski definition) is 0. The Balaban J connectivity index is 2.93. The third kappa shape index (κ3) is 2.09. The maximum absolute atomic E-state index is 6.30. The minimum Gasteiger partial charge on any atom is -0.431 e. The summed E-state index contributed by atoms with van der Waals surface area (Å²) in [5, 5.41) is 0.329. The van der Waals surface area contributed by atoms with Crippen molar-refractivity contribution in [3.8, 4) is 0 Å². The zero-order valence-electron chi connectivity index (χ0n) is 9.71. The Hall–Kier alpha value is -0.148. The minimum atomic E-state index is -1.50. The Morgan fingerprint density at radius 2 is 1.79 bits per heavy atom. The highest BCUT2D eigenvalue weighted by Gasteiger charge is 2.42. The Morgan fingerprint density at radius 1 is 1.21 bits per heavy atom. The molecular formula is C10H19BClNSi. The molecule has 1 aliphatic heterocycles. The highest BCUT2D eigenvalue weighted by atomic mass is 35.5. The maximum atomic E-state index is 6.30. The van der Waals surface area contributed by atoms with Crippen LogP contribution in [0.1, 0.15) is 20.8 Å². The van der Waals surface area contributed by atoms with Crippen molar-refractivity contribution in [3.63, 3.8) is 0 Å². The first-order valence-electron chi connectivity index (χ1n) is 5.04. The van der Waals surface area contributed by atoms with Gasteiger partial charge in [-0.3, -0.25) is 0 Å². The predicted octanol–water partition coefficient (Wildman–Crippen LogP) is 3.64. The van der Waals surface area contributed by atoms with Gasteiger partial charge < -0.3 is 4.48 Å². The first-order valence-corrected chi connectivity index (χ1v) is 8.43. The van der Waals surface area contributed by atoms with Crippen molar-refractivity contribution in [1.29, 1.82) is 0 Å². The van der Waals surface area contributed by atoms with Crippen LogP contribution in [0.15, 0.2) is 24.3 Å². The second-order valence-electron chi connectivity index (χ2n) is 5.32. The zero-order chi connectivity index (χ0) is 11.0. The SMILES string of the molecule is CC(C)(C)[Si](C)(C)N1C=CC=CB1Cl. The lowest BCUT2D eigenvalue weighted by Gasteiger charge is -2.47. The van der Waals surface area contributed by atoms with Crippen LogP contribution in [0.5, 0.6) is 0 Å². The Morgan fingerprint density at radius 3 is 2.21 bits per heavy atom. The molecule has 14 heavy (non-hydrogen) atoms. The van der Waals surface area contributed by atoms with Crippen LogP contribution in [0.4, 0.5) is 0 Å². The second-order valence-corrected chi connectivity index (χ2v) is 10.9. The van der Waals surface area contributed by atoms with Crippen LogP contribution in [-0.4, -0.2) is 19.0 Å². The van der Waals surface area contributed by atoms with Gasteiger partial charge in [0.05, 0.1) is 0 Å². The van der Waals surface area contributed by atoms with Crippen LogP contribution in [0.2, 0.25) is 18.1 Å². The van der Waals surface area contributed by atoms with Crippen molar-refractivity contribution >= 4 is 26.0 Å². The molecule has 0 radical (unpaired) electrons. The van der Waals surface area contributed by atoms with E-state index in [-0.39, 0.29) is 6.26 Å². The molecule has 1 aliphatic rings. The molecule has 0 atom stereocenters. The van der Waals surface area contributed by atoms with Gasteiger partial charge in [-0.15, -0.1) is 0 Å². The summed E-state index contributed by atoms with van der Waals surface area (Å²) in [5.41, 5.74) is 0. The molecule has 0 amide bonds. The molecule has 0 saturated carbocycles. The Kier molecular flexibility index (Phi) is 3.22. The Bertz CT molecular complexity index is 268. The summed E-state index contributed by atoms with van der Waals surface area (Å²) in [6.07, 6.45) is 6.25. The van der Waals surface area contributed by atoms with Crippen LogP contribution in [-0.2, 0) is 0 Å². The standard InChI is InChI=1S/C10H19BClNSi/c1-10(2,3)14(4,5)13-9-7-6-8-11(13)12/h6-9H,1-5H3. The molecular weight excluding hydrogens is 208 g/mol. The van der Waals surface area contributed by atoms with Crippen molar-refractivity contribution in [1.82, 2.24) is 4.48 Å². The summed E-state index contributed by atoms with van der Waals surface area (Å²) in [5.74, 6) is 2.04. The van der Waals surface area contributed by atoms with Crippen molar-refractivity contribution < 1.29 is 0 Å². The van der Waals surface area contributed by atoms with Gasteiger partial charge >= 0.3 is 6.26 Å². The Labute approximate surface area is 93.9 Å². The molecule has 0 aromatic carbocycles. The van der Waals surface area contributed by atoms with E-state index in [2.05, 4.69) is 50.6 Å². The topological polar surface area (TPSA) is 3.24 Å². The molecule has 4 heteroatoms. The number of halogens is 1. The van der Waals surface area contributed by atoms with Gasteiger partial charge in [-0.2, -0.15) is 11.5 Å². The van der Waals surface area contributed by atoms with Gasteiger partial charge in [0.15, 0.2) is 0 Å². The van der Waals surface area contributed by atoms with Crippen LogP contribution in [0.25, 0.3) is 0 Å². The van der Waals surface area contributed by atoms with E-state index in [9.17, 15) is 0 Å². The average Bonchev–Trinajstić information content (AvgIpc) is 2.02. The third-order valence-corrected chi connectivity index (χ3v) is 9.28. The van der Waals surface area contributed by atoms with Gasteiger partial charge in [0.2, 0.25) is 0 Å². The molecule has 0 unspecified atom stereocenters. The molecule has 0 N–H and O–H groups in total. The summed E-state index contributed by atoms with van der Waals surface area (Å²) in [6, 6.07) is 0. The molecule has 1 heterocycles. The fourth-order valence-electron chi connectivity index (χ4n) is 1.36. The van der Waals surface area contributed by atoms with Crippen molar-refractivity contribution in [2.45, 2.75) is 38.9 Å². The summed E-state index contributed by atoms with van der Waals surface area (Å²) in [7, 11) is -1.50. The van der Waals surface area contributed by atoms with E-state index in [1.54, 1.807) is 0 Å². The molecule has 0 aliphatic carbocycles. The van der Waals surface area contributed by atoms with Crippen LogP contribution in [0, 0.1) is 0 Å². The summed E-state index contributed by atoms with van der Waals surface area (Å²) < 4.78 is 2.34. The van der Waals surface area contributed by atoms with E-state index in [1.165, 1.54) is 0 Å². The predicted molar refractivity (Wildman–Crippen MR) is 68.9 cm³/mol. The summed E-state index contributed by atoms with van der Waals surface area (Å²) in [4.78, 5) is 0. The summed E-state index contributed by atoms with van der Waals surface area (Å²) >= 11 is 6.30. The number of rotatable bonds is 1. The largest absolute Gasteiger partial charge is 0.431 e. The number of hydrogen-bond acceptors (Lipinski definition) is 1. The lowest BCUT2D eigenvalue weighted by atomic mass is 9.90. The van der Waals surface area contributed by atoms with E-state index in [0.717, 1.165) is 0 Å². The van der Waals surface area contributed by atoms with E-state index in [4.69, 9.17) is 11.5 Å². The molecule has 0 spiro atoms. The smallest absolute Gasteiger partial charge is 0.379 e. The molecule has 1 nitrogen and oxygen atoms in total. The van der Waals surface area contributed by atoms with E-state index < -0.39 is 8.24 Å². The minimum absolute atomic E-state index is 0.0286. The van der Waals surface area contributed by atoms with Gasteiger partial charge in [0, 0.05) is 0 Å². The van der Waals surface area contributed by atoms with Crippen LogP contribution in [0.3, 0.4) is 0 Å². The highest BCUT2D eigenvalue weighted by Crippen LogP contribution is 2.39. The first-order chi connectivity index (χ1) is 6.27. The van der Waals surface area contributed by atoms with Crippen molar-refractivity contribution in [2.24, 2.45) is 0 Å². The number of allylic oxidation sites excluding steroid dienone is 2. The molecule has 1 rings (SSSR count). The maximum Gasteiger partial charge on any atom is 0.379 e. The molecule has 0 bridgehead atoms. The fraction of sp³-hybridized carbons (Fsp3) is 0.600. The second kappa shape index (κ2) is 3.78. The molecule has 0 fully saturated rings. The van der Waals surface area contributed by atoms with Crippen molar-refractivity contribution in [2.75, 3.05) is 0 Å². The molecule has 0 aromatic heterocycles. The molecule has 78 valence electrons. The van der Waals surface area contributed by atoms with E-state index >= 15 is 0 Å². The van der Waals surface area contributed by atoms with E-state index in [1.807, 2.05) is 12.1 Å². The van der Waals surface area contributed by atoms with E-state index in [0.29, 0.717) is 5.04 Å². The fourth-order valence-corrected chi connectivity index (χ4v) is 4.17. The first kappa shape index (κ1) is 11.9. The molecule has 0 saturated heterocycles. The lowest BCUT2D eigenvalue weighted by molar-refractivity contribution is 0.655. The summed E-state index contributed by atoms with van der Waals surface area (Å²) in [6.45, 7) is 11.6. The third-order valence-electron chi connectivity index (χ3n) is 3.37. The van der Waals surface area contributed by atoms with Gasteiger partial charge in [0.25, 0.3) is 0 Å². The zero-order valence-corrected chi connectivity index (χ0v) is 11.5. The quantitative estimate of drug-likeness (QED) is 0.618. The van der Waals surface area contributed by atoms with Crippen LogP contribution >= 0.6 is 11.5 Å². The lowest BCUT2D eigenvalue weighted by Crippen LogP contribution is -2.56. The van der Waals surface area contributed by atoms with Gasteiger partial charge in [-0.05, 0) is 17.3 Å². The van der Waals surface area contributed by atoms with Crippen LogP contribution < -0.4 is 0 Å². The monoisotopic (exact) mass is 227 g/mol.